The molecular formula is C25H33FN2O2. The fourth-order valence-electron chi connectivity index (χ4n) is 6.58. The zero-order valence-corrected chi connectivity index (χ0v) is 18.0. The first-order valence-corrected chi connectivity index (χ1v) is 11.5. The maximum Gasteiger partial charge on any atom is 0.310 e. The largest absolute Gasteiger partial charge is 0.462 e. The summed E-state index contributed by atoms with van der Waals surface area (Å²) in [6, 6.07) is 6.73. The number of hydrogen-bond acceptors (Lipinski definition) is 4. The standard InChI is InChI=1S/C25H33FN2O2/c1-17-4-3-9-25(2)15-23-20(14-22(17)25)21(24(29)30-23)16-27-10-12-28(13-11-27)19-7-5-18(26)6-8-19/h5-8,20-23H,1,3-4,9-16H2,2H3. The Hall–Kier alpha value is -1.88. The summed E-state index contributed by atoms with van der Waals surface area (Å²) >= 11 is 0. The SMILES string of the molecule is C=C1CCCC2(C)CC3OC(=O)C(CN4CCN(c5ccc(F)cc5)CC4)C3CC12. The molecule has 5 unspecified atom stereocenters. The first-order chi connectivity index (χ1) is 14.4. The van der Waals surface area contributed by atoms with Crippen LogP contribution in [0.3, 0.4) is 0 Å². The van der Waals surface area contributed by atoms with Crippen LogP contribution in [0.5, 0.6) is 0 Å². The van der Waals surface area contributed by atoms with E-state index in [1.807, 2.05) is 12.1 Å². The molecule has 0 amide bonds. The highest BCUT2D eigenvalue weighted by Gasteiger charge is 2.55. The minimum Gasteiger partial charge on any atom is -0.462 e. The van der Waals surface area contributed by atoms with Crippen molar-refractivity contribution >= 4 is 11.7 Å². The number of nitrogens with zero attached hydrogens (tertiary/aromatic N) is 2. The van der Waals surface area contributed by atoms with Crippen molar-refractivity contribution in [3.63, 3.8) is 0 Å². The summed E-state index contributed by atoms with van der Waals surface area (Å²) in [5.41, 5.74) is 2.72. The zero-order chi connectivity index (χ0) is 20.9. The lowest BCUT2D eigenvalue weighted by Crippen LogP contribution is -2.50. The van der Waals surface area contributed by atoms with Crippen LogP contribution in [0.4, 0.5) is 10.1 Å². The van der Waals surface area contributed by atoms with Crippen LogP contribution in [0.2, 0.25) is 0 Å². The van der Waals surface area contributed by atoms with E-state index >= 15 is 0 Å². The molecule has 5 heteroatoms. The minimum absolute atomic E-state index is 0.00773. The summed E-state index contributed by atoms with van der Waals surface area (Å²) in [7, 11) is 0. The fraction of sp³-hybridized carbons (Fsp3) is 0.640. The Morgan fingerprint density at radius 3 is 2.67 bits per heavy atom. The molecule has 2 heterocycles. The van der Waals surface area contributed by atoms with Gasteiger partial charge in [0.05, 0.1) is 5.92 Å². The summed E-state index contributed by atoms with van der Waals surface area (Å²) in [5, 5.41) is 0. The van der Waals surface area contributed by atoms with Crippen LogP contribution < -0.4 is 4.90 Å². The van der Waals surface area contributed by atoms with Crippen molar-refractivity contribution in [2.45, 2.75) is 45.1 Å². The van der Waals surface area contributed by atoms with E-state index < -0.39 is 0 Å². The lowest BCUT2D eigenvalue weighted by atomic mass is 9.55. The number of piperazine rings is 1. The van der Waals surface area contributed by atoms with E-state index in [-0.39, 0.29) is 29.2 Å². The van der Waals surface area contributed by atoms with Gasteiger partial charge < -0.3 is 9.64 Å². The number of rotatable bonds is 3. The van der Waals surface area contributed by atoms with E-state index in [0.29, 0.717) is 11.8 Å². The third-order valence-corrected chi connectivity index (χ3v) is 8.34. The van der Waals surface area contributed by atoms with Gasteiger partial charge in [0.1, 0.15) is 11.9 Å². The van der Waals surface area contributed by atoms with E-state index in [1.54, 1.807) is 0 Å². The molecule has 2 aliphatic carbocycles. The molecule has 1 aromatic carbocycles. The monoisotopic (exact) mass is 412 g/mol. The number of benzene rings is 1. The molecular weight excluding hydrogens is 379 g/mol. The molecule has 2 saturated carbocycles. The average Bonchev–Trinajstić information content (AvgIpc) is 3.01. The molecule has 5 atom stereocenters. The summed E-state index contributed by atoms with van der Waals surface area (Å²) in [6.07, 6.45) is 5.75. The van der Waals surface area contributed by atoms with E-state index in [4.69, 9.17) is 4.74 Å². The normalized spacial score (nSPS) is 36.9. The highest BCUT2D eigenvalue weighted by Crippen LogP contribution is 2.56. The molecule has 4 aliphatic rings. The van der Waals surface area contributed by atoms with E-state index in [2.05, 4.69) is 23.3 Å². The Labute approximate surface area is 179 Å². The third kappa shape index (κ3) is 3.55. The van der Waals surface area contributed by atoms with Crippen molar-refractivity contribution in [3.05, 3.63) is 42.2 Å². The van der Waals surface area contributed by atoms with E-state index in [1.165, 1.54) is 30.5 Å². The van der Waals surface area contributed by atoms with Gasteiger partial charge in [-0.3, -0.25) is 9.69 Å². The lowest BCUT2D eigenvalue weighted by Gasteiger charge is -2.50. The summed E-state index contributed by atoms with van der Waals surface area (Å²) in [6.45, 7) is 11.2. The summed E-state index contributed by atoms with van der Waals surface area (Å²) < 4.78 is 19.1. The van der Waals surface area contributed by atoms with E-state index in [0.717, 1.165) is 57.7 Å². The molecule has 2 saturated heterocycles. The highest BCUT2D eigenvalue weighted by atomic mass is 19.1. The number of hydrogen-bond donors (Lipinski definition) is 0. The van der Waals surface area contributed by atoms with Crippen molar-refractivity contribution in [3.8, 4) is 0 Å². The van der Waals surface area contributed by atoms with Crippen molar-refractivity contribution in [2.24, 2.45) is 23.2 Å². The topological polar surface area (TPSA) is 32.8 Å². The third-order valence-electron chi connectivity index (χ3n) is 8.34. The first-order valence-electron chi connectivity index (χ1n) is 11.5. The molecule has 4 nitrogen and oxygen atoms in total. The van der Waals surface area contributed by atoms with Gasteiger partial charge in [0.25, 0.3) is 0 Å². The van der Waals surface area contributed by atoms with Crippen molar-refractivity contribution in [2.75, 3.05) is 37.6 Å². The van der Waals surface area contributed by atoms with Crippen molar-refractivity contribution < 1.29 is 13.9 Å². The number of allylic oxidation sites excluding steroid dienone is 1. The van der Waals surface area contributed by atoms with Gasteiger partial charge in [0.2, 0.25) is 0 Å². The molecule has 1 aromatic rings. The van der Waals surface area contributed by atoms with Crippen molar-refractivity contribution in [1.82, 2.24) is 4.90 Å². The molecule has 0 bridgehead atoms. The molecule has 0 radical (unpaired) electrons. The second-order valence-corrected chi connectivity index (χ2v) is 10.2. The molecule has 162 valence electrons. The molecule has 5 rings (SSSR count). The van der Waals surface area contributed by atoms with Crippen LogP contribution >= 0.6 is 0 Å². The van der Waals surface area contributed by atoms with Gasteiger partial charge in [-0.1, -0.05) is 19.1 Å². The smallest absolute Gasteiger partial charge is 0.310 e. The molecule has 4 fully saturated rings. The second kappa shape index (κ2) is 7.67. The van der Waals surface area contributed by atoms with Crippen LogP contribution in [-0.2, 0) is 9.53 Å². The van der Waals surface area contributed by atoms with Crippen LogP contribution in [0, 0.1) is 29.0 Å². The van der Waals surface area contributed by atoms with Gasteiger partial charge in [0, 0.05) is 44.3 Å². The number of halogens is 1. The van der Waals surface area contributed by atoms with Crippen LogP contribution in [0.1, 0.15) is 39.0 Å². The molecule has 2 aliphatic heterocycles. The van der Waals surface area contributed by atoms with Crippen molar-refractivity contribution in [1.29, 1.82) is 0 Å². The minimum atomic E-state index is -0.198. The van der Waals surface area contributed by atoms with Gasteiger partial charge >= 0.3 is 5.97 Å². The first kappa shape index (κ1) is 20.0. The zero-order valence-electron chi connectivity index (χ0n) is 18.0. The average molecular weight is 413 g/mol. The summed E-state index contributed by atoms with van der Waals surface area (Å²) in [5.74, 6) is 0.682. The predicted molar refractivity (Wildman–Crippen MR) is 116 cm³/mol. The second-order valence-electron chi connectivity index (χ2n) is 10.2. The predicted octanol–water partition coefficient (Wildman–Crippen LogP) is 4.26. The highest BCUT2D eigenvalue weighted by molar-refractivity contribution is 5.75. The van der Waals surface area contributed by atoms with Gasteiger partial charge in [-0.05, 0) is 67.7 Å². The van der Waals surface area contributed by atoms with Crippen LogP contribution in [0.15, 0.2) is 36.4 Å². The Morgan fingerprint density at radius 1 is 1.20 bits per heavy atom. The number of anilines is 1. The van der Waals surface area contributed by atoms with E-state index in [9.17, 15) is 9.18 Å². The van der Waals surface area contributed by atoms with Crippen LogP contribution in [0.25, 0.3) is 0 Å². The number of fused-ring (bicyclic) bond motifs is 2. The Balaban J connectivity index is 1.22. The molecule has 0 spiro atoms. The fourth-order valence-corrected chi connectivity index (χ4v) is 6.58. The quantitative estimate of drug-likeness (QED) is 0.549. The number of ether oxygens (including phenoxy) is 1. The maximum atomic E-state index is 13.2. The Bertz CT molecular complexity index is 817. The Kier molecular flexibility index (Phi) is 5.12. The Morgan fingerprint density at radius 2 is 1.93 bits per heavy atom. The van der Waals surface area contributed by atoms with Gasteiger partial charge in [-0.15, -0.1) is 0 Å². The molecule has 0 aromatic heterocycles. The number of esters is 1. The molecule has 30 heavy (non-hydrogen) atoms. The number of carbonyl (C=O) groups is 1. The van der Waals surface area contributed by atoms with Gasteiger partial charge in [-0.2, -0.15) is 0 Å². The lowest BCUT2D eigenvalue weighted by molar-refractivity contribution is -0.146. The molecule has 0 N–H and O–H groups in total. The summed E-state index contributed by atoms with van der Waals surface area (Å²) in [4.78, 5) is 17.5. The van der Waals surface area contributed by atoms with Gasteiger partial charge in [-0.25, -0.2) is 4.39 Å². The number of carbonyl (C=O) groups excluding carboxylic acids is 1. The maximum absolute atomic E-state index is 13.2. The van der Waals surface area contributed by atoms with Gasteiger partial charge in [0.15, 0.2) is 0 Å². The van der Waals surface area contributed by atoms with Crippen LogP contribution in [-0.4, -0.2) is 49.7 Å².